The number of amides is 1. The highest BCUT2D eigenvalue weighted by atomic mass is 35.5. The van der Waals surface area contributed by atoms with Gasteiger partial charge in [0, 0.05) is 30.1 Å². The molecule has 2 aromatic rings. The first-order valence-corrected chi connectivity index (χ1v) is 7.77. The number of hydrogen-bond acceptors (Lipinski definition) is 3. The van der Waals surface area contributed by atoms with Gasteiger partial charge in [-0.25, -0.2) is 0 Å². The van der Waals surface area contributed by atoms with Crippen molar-refractivity contribution < 1.29 is 9.21 Å². The number of carbonyl (C=O) groups excluding carboxylic acids is 1. The molecule has 0 aliphatic carbocycles. The molecule has 3 heterocycles. The maximum atomic E-state index is 12.4. The Balaban J connectivity index is 1.50. The van der Waals surface area contributed by atoms with E-state index in [1.54, 1.807) is 12.1 Å². The number of halogens is 1. The summed E-state index contributed by atoms with van der Waals surface area (Å²) in [6.07, 6.45) is 3.86. The fraction of sp³-hybridized carbons (Fsp3) is 0.438. The van der Waals surface area contributed by atoms with Crippen LogP contribution in [0.5, 0.6) is 0 Å². The quantitative estimate of drug-likeness (QED) is 0.928. The second-order valence-electron chi connectivity index (χ2n) is 6.11. The number of nitrogens with one attached hydrogen (secondary N) is 1. The zero-order valence-electron chi connectivity index (χ0n) is 11.6. The van der Waals surface area contributed by atoms with Crippen molar-refractivity contribution in [1.29, 1.82) is 0 Å². The Bertz CT molecular complexity index is 685. The van der Waals surface area contributed by atoms with E-state index < -0.39 is 0 Å². The fourth-order valence-electron chi connectivity index (χ4n) is 3.57. The molecule has 5 heteroatoms. The summed E-state index contributed by atoms with van der Waals surface area (Å²) in [5, 5.41) is 4.57. The number of piperidine rings is 1. The average Bonchev–Trinajstić information content (AvgIpc) is 3.02. The van der Waals surface area contributed by atoms with Crippen LogP contribution in [-0.2, 0) is 0 Å². The number of fused-ring (bicyclic) bond motifs is 3. The van der Waals surface area contributed by atoms with Crippen molar-refractivity contribution in [2.45, 2.75) is 18.9 Å². The molecule has 2 saturated heterocycles. The smallest absolute Gasteiger partial charge is 0.251 e. The SMILES string of the molecule is O=C(N[C@@H]1C[C@H]2CCN(C2)C1)c1ccc2c(Cl)coc2c1. The summed E-state index contributed by atoms with van der Waals surface area (Å²) < 4.78 is 5.35. The minimum atomic E-state index is -0.0306. The second-order valence-corrected chi connectivity index (χ2v) is 6.52. The Labute approximate surface area is 128 Å². The topological polar surface area (TPSA) is 45.5 Å². The summed E-state index contributed by atoms with van der Waals surface area (Å²) in [6.45, 7) is 3.34. The molecule has 2 aliphatic rings. The minimum absolute atomic E-state index is 0.0306. The number of rotatable bonds is 2. The molecular formula is C16H17ClN2O2. The molecule has 0 saturated carbocycles. The zero-order chi connectivity index (χ0) is 14.4. The molecular weight excluding hydrogens is 288 g/mol. The van der Waals surface area contributed by atoms with Crippen LogP contribution in [0.4, 0.5) is 0 Å². The van der Waals surface area contributed by atoms with Crippen molar-refractivity contribution in [3.8, 4) is 0 Å². The van der Waals surface area contributed by atoms with Gasteiger partial charge in [0.25, 0.3) is 5.91 Å². The summed E-state index contributed by atoms with van der Waals surface area (Å²) in [4.78, 5) is 14.8. The highest BCUT2D eigenvalue weighted by molar-refractivity contribution is 6.35. The molecule has 3 atom stereocenters. The zero-order valence-corrected chi connectivity index (χ0v) is 12.4. The molecule has 0 spiro atoms. The highest BCUT2D eigenvalue weighted by Gasteiger charge is 2.32. The van der Waals surface area contributed by atoms with E-state index in [1.807, 2.05) is 6.07 Å². The third-order valence-corrected chi connectivity index (χ3v) is 4.88. The average molecular weight is 305 g/mol. The summed E-state index contributed by atoms with van der Waals surface area (Å²) in [7, 11) is 0. The van der Waals surface area contributed by atoms with Crippen LogP contribution in [0, 0.1) is 5.92 Å². The Morgan fingerprint density at radius 3 is 3.14 bits per heavy atom. The first kappa shape index (κ1) is 13.2. The van der Waals surface area contributed by atoms with Crippen LogP contribution in [0.25, 0.3) is 11.0 Å². The molecule has 4 rings (SSSR count). The van der Waals surface area contributed by atoms with Crippen molar-refractivity contribution in [3.05, 3.63) is 35.0 Å². The standard InChI is InChI=1S/C16H17ClN2O2/c17-14-9-21-15-6-11(1-2-13(14)15)16(20)18-12-5-10-3-4-19(7-10)8-12/h1-2,6,9-10,12H,3-5,7-8H2,(H,18,20)/t10-,12-/m1/s1. The van der Waals surface area contributed by atoms with Crippen molar-refractivity contribution in [3.63, 3.8) is 0 Å². The third-order valence-electron chi connectivity index (χ3n) is 4.59. The fourth-order valence-corrected chi connectivity index (χ4v) is 3.77. The Kier molecular flexibility index (Phi) is 3.16. The largest absolute Gasteiger partial charge is 0.463 e. The summed E-state index contributed by atoms with van der Waals surface area (Å²) in [5.74, 6) is 0.715. The van der Waals surface area contributed by atoms with Crippen LogP contribution >= 0.6 is 11.6 Å². The van der Waals surface area contributed by atoms with Gasteiger partial charge >= 0.3 is 0 Å². The van der Waals surface area contributed by atoms with Gasteiger partial charge in [-0.05, 0) is 43.5 Å². The van der Waals surface area contributed by atoms with Crippen molar-refractivity contribution in [1.82, 2.24) is 10.2 Å². The predicted molar refractivity (Wildman–Crippen MR) is 81.6 cm³/mol. The third kappa shape index (κ3) is 2.43. The molecule has 1 unspecified atom stereocenters. The van der Waals surface area contributed by atoms with Gasteiger partial charge < -0.3 is 14.6 Å². The Morgan fingerprint density at radius 1 is 1.38 bits per heavy atom. The first-order chi connectivity index (χ1) is 10.2. The van der Waals surface area contributed by atoms with E-state index in [-0.39, 0.29) is 11.9 Å². The van der Waals surface area contributed by atoms with E-state index >= 15 is 0 Å². The molecule has 1 amide bonds. The number of benzene rings is 1. The predicted octanol–water partition coefficient (Wildman–Crippen LogP) is 2.91. The summed E-state index contributed by atoms with van der Waals surface area (Å²) in [6, 6.07) is 5.66. The first-order valence-electron chi connectivity index (χ1n) is 7.39. The van der Waals surface area contributed by atoms with Gasteiger partial charge in [0.15, 0.2) is 0 Å². The van der Waals surface area contributed by atoms with Gasteiger partial charge in [0.1, 0.15) is 11.8 Å². The Morgan fingerprint density at radius 2 is 2.29 bits per heavy atom. The molecule has 1 N–H and O–H groups in total. The number of nitrogens with zero attached hydrogens (tertiary/aromatic N) is 1. The van der Waals surface area contributed by atoms with E-state index in [1.165, 1.54) is 25.8 Å². The lowest BCUT2D eigenvalue weighted by molar-refractivity contribution is 0.0909. The lowest BCUT2D eigenvalue weighted by Crippen LogP contribution is -2.47. The van der Waals surface area contributed by atoms with Gasteiger partial charge in [-0.2, -0.15) is 0 Å². The molecule has 2 aliphatic heterocycles. The Hall–Kier alpha value is -1.52. The summed E-state index contributed by atoms with van der Waals surface area (Å²) >= 11 is 6.00. The van der Waals surface area contributed by atoms with Gasteiger partial charge in [-0.3, -0.25) is 4.79 Å². The van der Waals surface area contributed by atoms with Crippen LogP contribution in [0.1, 0.15) is 23.2 Å². The van der Waals surface area contributed by atoms with Crippen molar-refractivity contribution in [2.24, 2.45) is 5.92 Å². The number of hydrogen-bond donors (Lipinski definition) is 1. The maximum absolute atomic E-state index is 12.4. The van der Waals surface area contributed by atoms with Gasteiger partial charge in [-0.1, -0.05) is 11.6 Å². The van der Waals surface area contributed by atoms with E-state index in [4.69, 9.17) is 16.0 Å². The van der Waals surface area contributed by atoms with E-state index in [0.717, 1.165) is 24.3 Å². The normalized spacial score (nSPS) is 28.0. The van der Waals surface area contributed by atoms with Crippen LogP contribution in [0.2, 0.25) is 5.02 Å². The van der Waals surface area contributed by atoms with Crippen LogP contribution in [-0.4, -0.2) is 36.5 Å². The van der Waals surface area contributed by atoms with Gasteiger partial charge in [-0.15, -0.1) is 0 Å². The van der Waals surface area contributed by atoms with E-state index in [0.29, 0.717) is 16.2 Å². The summed E-state index contributed by atoms with van der Waals surface area (Å²) in [5.41, 5.74) is 1.28. The highest BCUT2D eigenvalue weighted by Crippen LogP contribution is 2.28. The van der Waals surface area contributed by atoms with Gasteiger partial charge in [0.2, 0.25) is 0 Å². The molecule has 1 aromatic heterocycles. The van der Waals surface area contributed by atoms with Gasteiger partial charge in [0.05, 0.1) is 5.02 Å². The van der Waals surface area contributed by atoms with Crippen molar-refractivity contribution in [2.75, 3.05) is 19.6 Å². The molecule has 110 valence electrons. The van der Waals surface area contributed by atoms with E-state index in [9.17, 15) is 4.79 Å². The monoisotopic (exact) mass is 304 g/mol. The minimum Gasteiger partial charge on any atom is -0.463 e. The molecule has 0 radical (unpaired) electrons. The van der Waals surface area contributed by atoms with Crippen molar-refractivity contribution >= 4 is 28.5 Å². The second kappa shape index (κ2) is 5.04. The van der Waals surface area contributed by atoms with Crippen LogP contribution < -0.4 is 5.32 Å². The molecule has 2 bridgehead atoms. The maximum Gasteiger partial charge on any atom is 0.251 e. The van der Waals surface area contributed by atoms with Crippen LogP contribution in [0.15, 0.2) is 28.9 Å². The lowest BCUT2D eigenvalue weighted by Gasteiger charge is -2.30. The number of furan rings is 1. The molecule has 1 aromatic carbocycles. The molecule has 2 fully saturated rings. The van der Waals surface area contributed by atoms with Crippen LogP contribution in [0.3, 0.4) is 0 Å². The molecule has 21 heavy (non-hydrogen) atoms. The lowest BCUT2D eigenvalue weighted by atomic mass is 9.96. The van der Waals surface area contributed by atoms with E-state index in [2.05, 4.69) is 10.2 Å². The molecule has 4 nitrogen and oxygen atoms in total. The number of carbonyl (C=O) groups is 1.